The van der Waals surface area contributed by atoms with Gasteiger partial charge in [0.1, 0.15) is 12.4 Å². The zero-order chi connectivity index (χ0) is 14.9. The predicted octanol–water partition coefficient (Wildman–Crippen LogP) is 2.29. The molecule has 1 fully saturated rings. The molecule has 0 atom stereocenters. The minimum absolute atomic E-state index is 0.719. The molecule has 21 heavy (non-hydrogen) atoms. The SMILES string of the molecule is CCN(CCOC)CCOc1cccc(CNC2CC2)c1. The predicted molar refractivity (Wildman–Crippen MR) is 85.8 cm³/mol. The molecule has 0 unspecified atom stereocenters. The Morgan fingerprint density at radius 1 is 1.24 bits per heavy atom. The van der Waals surface area contributed by atoms with Crippen molar-refractivity contribution in [1.82, 2.24) is 10.2 Å². The van der Waals surface area contributed by atoms with Crippen molar-refractivity contribution in [3.8, 4) is 5.75 Å². The fourth-order valence-electron chi connectivity index (χ4n) is 2.24. The monoisotopic (exact) mass is 292 g/mol. The van der Waals surface area contributed by atoms with Crippen molar-refractivity contribution in [1.29, 1.82) is 0 Å². The van der Waals surface area contributed by atoms with Gasteiger partial charge >= 0.3 is 0 Å². The van der Waals surface area contributed by atoms with Gasteiger partial charge in [0.15, 0.2) is 0 Å². The summed E-state index contributed by atoms with van der Waals surface area (Å²) in [5, 5.41) is 3.53. The van der Waals surface area contributed by atoms with Gasteiger partial charge in [-0.15, -0.1) is 0 Å². The highest BCUT2D eigenvalue weighted by atomic mass is 16.5. The van der Waals surface area contributed by atoms with Gasteiger partial charge in [-0.25, -0.2) is 0 Å². The highest BCUT2D eigenvalue weighted by Gasteiger charge is 2.19. The van der Waals surface area contributed by atoms with E-state index in [1.54, 1.807) is 7.11 Å². The van der Waals surface area contributed by atoms with E-state index in [2.05, 4.69) is 35.3 Å². The highest BCUT2D eigenvalue weighted by molar-refractivity contribution is 5.28. The fraction of sp³-hybridized carbons (Fsp3) is 0.647. The Balaban J connectivity index is 1.70. The van der Waals surface area contributed by atoms with Crippen molar-refractivity contribution in [3.05, 3.63) is 29.8 Å². The van der Waals surface area contributed by atoms with Gasteiger partial charge in [0.05, 0.1) is 6.61 Å². The van der Waals surface area contributed by atoms with E-state index in [-0.39, 0.29) is 0 Å². The molecule has 118 valence electrons. The van der Waals surface area contributed by atoms with E-state index in [0.29, 0.717) is 0 Å². The van der Waals surface area contributed by atoms with Gasteiger partial charge in [-0.05, 0) is 37.1 Å². The zero-order valence-electron chi connectivity index (χ0n) is 13.3. The van der Waals surface area contributed by atoms with E-state index < -0.39 is 0 Å². The minimum Gasteiger partial charge on any atom is -0.492 e. The van der Waals surface area contributed by atoms with Crippen molar-refractivity contribution in [2.45, 2.75) is 32.4 Å². The van der Waals surface area contributed by atoms with Crippen molar-refractivity contribution >= 4 is 0 Å². The fourth-order valence-corrected chi connectivity index (χ4v) is 2.24. The van der Waals surface area contributed by atoms with Gasteiger partial charge in [0.2, 0.25) is 0 Å². The molecule has 0 aliphatic heterocycles. The lowest BCUT2D eigenvalue weighted by Crippen LogP contribution is -2.31. The first-order valence-electron chi connectivity index (χ1n) is 7.98. The van der Waals surface area contributed by atoms with Crippen LogP contribution in [0.4, 0.5) is 0 Å². The molecule has 0 amide bonds. The van der Waals surface area contributed by atoms with Crippen LogP contribution in [0.25, 0.3) is 0 Å². The van der Waals surface area contributed by atoms with Crippen molar-refractivity contribution < 1.29 is 9.47 Å². The minimum atomic E-state index is 0.719. The van der Waals surface area contributed by atoms with Crippen molar-refractivity contribution in [3.63, 3.8) is 0 Å². The number of methoxy groups -OCH3 is 1. The molecule has 0 bridgehead atoms. The maximum absolute atomic E-state index is 5.87. The van der Waals surface area contributed by atoms with Crippen LogP contribution in [0, 0.1) is 0 Å². The van der Waals surface area contributed by atoms with Crippen LogP contribution in [-0.2, 0) is 11.3 Å². The standard InChI is InChI=1S/C17H28N2O2/c1-3-19(9-11-20-2)10-12-21-17-6-4-5-15(13-17)14-18-16-7-8-16/h4-6,13,16,18H,3,7-12,14H2,1-2H3. The van der Waals surface area contributed by atoms with Crippen molar-refractivity contribution in [2.24, 2.45) is 0 Å². The summed E-state index contributed by atoms with van der Waals surface area (Å²) >= 11 is 0. The molecule has 1 aromatic rings. The number of nitrogens with zero attached hydrogens (tertiary/aromatic N) is 1. The summed E-state index contributed by atoms with van der Waals surface area (Å²) in [5.41, 5.74) is 1.30. The average molecular weight is 292 g/mol. The summed E-state index contributed by atoms with van der Waals surface area (Å²) in [4.78, 5) is 2.34. The molecule has 1 N–H and O–H groups in total. The lowest BCUT2D eigenvalue weighted by molar-refractivity contribution is 0.138. The van der Waals surface area contributed by atoms with Gasteiger partial charge < -0.3 is 14.8 Å². The van der Waals surface area contributed by atoms with Crippen LogP contribution in [0.3, 0.4) is 0 Å². The Bertz CT molecular complexity index is 408. The summed E-state index contributed by atoms with van der Waals surface area (Å²) in [5.74, 6) is 0.966. The Kier molecular flexibility index (Phi) is 7.00. The van der Waals surface area contributed by atoms with E-state index in [1.807, 2.05) is 6.07 Å². The second-order valence-corrected chi connectivity index (χ2v) is 5.58. The largest absolute Gasteiger partial charge is 0.492 e. The molecule has 2 rings (SSSR count). The van der Waals surface area contributed by atoms with Crippen LogP contribution >= 0.6 is 0 Å². The topological polar surface area (TPSA) is 33.7 Å². The molecule has 1 aliphatic carbocycles. The second-order valence-electron chi connectivity index (χ2n) is 5.58. The van der Waals surface area contributed by atoms with E-state index in [1.165, 1.54) is 18.4 Å². The number of hydrogen-bond donors (Lipinski definition) is 1. The quantitative estimate of drug-likeness (QED) is 0.678. The Labute approximate surface area is 128 Å². The number of likely N-dealkylation sites (N-methyl/N-ethyl adjacent to an activating group) is 1. The van der Waals surface area contributed by atoms with E-state index >= 15 is 0 Å². The highest BCUT2D eigenvalue weighted by Crippen LogP contribution is 2.20. The van der Waals surface area contributed by atoms with Crippen molar-refractivity contribution in [2.75, 3.05) is 40.0 Å². The molecule has 0 heterocycles. The molecule has 4 heteroatoms. The van der Waals surface area contributed by atoms with E-state index in [4.69, 9.17) is 9.47 Å². The van der Waals surface area contributed by atoms with Gasteiger partial charge in [0.25, 0.3) is 0 Å². The van der Waals surface area contributed by atoms with Crippen LogP contribution in [0.15, 0.2) is 24.3 Å². The summed E-state index contributed by atoms with van der Waals surface area (Å²) in [6, 6.07) is 9.14. The third-order valence-electron chi connectivity index (χ3n) is 3.81. The van der Waals surface area contributed by atoms with Crippen LogP contribution in [0.2, 0.25) is 0 Å². The molecular weight excluding hydrogens is 264 g/mol. The first kappa shape index (κ1) is 16.3. The van der Waals surface area contributed by atoms with Gasteiger partial charge in [-0.1, -0.05) is 19.1 Å². The zero-order valence-corrected chi connectivity index (χ0v) is 13.3. The molecule has 0 aromatic heterocycles. The molecule has 1 saturated carbocycles. The smallest absolute Gasteiger partial charge is 0.119 e. The number of nitrogens with one attached hydrogen (secondary N) is 1. The van der Waals surface area contributed by atoms with Gasteiger partial charge in [-0.2, -0.15) is 0 Å². The third-order valence-corrected chi connectivity index (χ3v) is 3.81. The lowest BCUT2D eigenvalue weighted by Gasteiger charge is -2.20. The Morgan fingerprint density at radius 2 is 2.05 bits per heavy atom. The lowest BCUT2D eigenvalue weighted by atomic mass is 10.2. The van der Waals surface area contributed by atoms with E-state index in [9.17, 15) is 0 Å². The normalized spacial score (nSPS) is 14.6. The number of ether oxygens (including phenoxy) is 2. The molecular formula is C17H28N2O2. The Morgan fingerprint density at radius 3 is 2.76 bits per heavy atom. The number of benzene rings is 1. The average Bonchev–Trinajstić information content (AvgIpc) is 3.33. The first-order valence-corrected chi connectivity index (χ1v) is 7.98. The summed E-state index contributed by atoms with van der Waals surface area (Å²) in [7, 11) is 1.74. The molecule has 4 nitrogen and oxygen atoms in total. The van der Waals surface area contributed by atoms with E-state index in [0.717, 1.165) is 51.2 Å². The molecule has 0 spiro atoms. The summed E-state index contributed by atoms with van der Waals surface area (Å²) in [6.07, 6.45) is 2.65. The summed E-state index contributed by atoms with van der Waals surface area (Å²) in [6.45, 7) is 7.52. The molecule has 1 aromatic carbocycles. The molecule has 0 radical (unpaired) electrons. The second kappa shape index (κ2) is 9.03. The van der Waals surface area contributed by atoms with Gasteiger partial charge in [-0.3, -0.25) is 4.90 Å². The third kappa shape index (κ3) is 6.46. The molecule has 0 saturated heterocycles. The maximum Gasteiger partial charge on any atom is 0.119 e. The number of rotatable bonds is 11. The van der Waals surface area contributed by atoms with Gasteiger partial charge in [0, 0.05) is 32.8 Å². The van der Waals surface area contributed by atoms with Crippen LogP contribution in [0.1, 0.15) is 25.3 Å². The molecule has 1 aliphatic rings. The van der Waals surface area contributed by atoms with Crippen LogP contribution in [0.5, 0.6) is 5.75 Å². The summed E-state index contributed by atoms with van der Waals surface area (Å²) < 4.78 is 11.0. The first-order chi connectivity index (χ1) is 10.3. The Hall–Kier alpha value is -1.10. The van der Waals surface area contributed by atoms with Crippen LogP contribution in [-0.4, -0.2) is 50.9 Å². The maximum atomic E-state index is 5.87. The van der Waals surface area contributed by atoms with Crippen LogP contribution < -0.4 is 10.1 Å². The number of hydrogen-bond acceptors (Lipinski definition) is 4.